The molecule has 8 heteroatoms. The Labute approximate surface area is 192 Å². The van der Waals surface area contributed by atoms with Crippen LogP contribution in [0.3, 0.4) is 0 Å². The van der Waals surface area contributed by atoms with Gasteiger partial charge in [-0.25, -0.2) is 0 Å². The summed E-state index contributed by atoms with van der Waals surface area (Å²) in [6, 6.07) is 2.59. The van der Waals surface area contributed by atoms with Crippen LogP contribution in [0.25, 0.3) is 0 Å². The highest BCUT2D eigenvalue weighted by molar-refractivity contribution is 7.80. The van der Waals surface area contributed by atoms with Crippen molar-refractivity contribution >= 4 is 34.9 Å². The Morgan fingerprint density at radius 1 is 0.968 bits per heavy atom. The first kappa shape index (κ1) is 22.5. The topological polar surface area (TPSA) is 65.6 Å². The van der Waals surface area contributed by atoms with E-state index in [0.29, 0.717) is 28.9 Å². The zero-order valence-corrected chi connectivity index (χ0v) is 19.9. The minimum Gasteiger partial charge on any atom is -0.378 e. The van der Waals surface area contributed by atoms with Crippen LogP contribution in [0.5, 0.6) is 0 Å². The zero-order valence-electron chi connectivity index (χ0n) is 19.1. The summed E-state index contributed by atoms with van der Waals surface area (Å²) < 4.78 is 5.54. The number of nitrogens with one attached hydrogen (secondary N) is 2. The zero-order chi connectivity index (χ0) is 21.6. The van der Waals surface area contributed by atoms with E-state index in [2.05, 4.69) is 40.3 Å². The number of hydrogen-bond donors (Lipinski definition) is 2. The quantitative estimate of drug-likeness (QED) is 0.535. The number of ether oxygens (including phenoxy) is 1. The summed E-state index contributed by atoms with van der Waals surface area (Å²) in [4.78, 5) is 14.4. The average molecular weight is 447 g/mol. The second-order valence-corrected chi connectivity index (χ2v) is 10.1. The third-order valence-electron chi connectivity index (χ3n) is 6.64. The van der Waals surface area contributed by atoms with E-state index in [4.69, 9.17) is 26.9 Å². The second-order valence-electron chi connectivity index (χ2n) is 9.65. The average Bonchev–Trinajstić information content (AvgIpc) is 3.02. The Kier molecular flexibility index (Phi) is 7.82. The number of morpholine rings is 1. The van der Waals surface area contributed by atoms with E-state index >= 15 is 0 Å². The van der Waals surface area contributed by atoms with Crippen LogP contribution in [0.1, 0.15) is 58.8 Å². The molecule has 1 aromatic rings. The smallest absolute Gasteiger partial charge is 0.232 e. The minimum atomic E-state index is 0.452. The molecule has 0 radical (unpaired) electrons. The van der Waals surface area contributed by atoms with Gasteiger partial charge in [0.1, 0.15) is 11.6 Å². The van der Waals surface area contributed by atoms with Crippen molar-refractivity contribution in [1.29, 1.82) is 0 Å². The van der Waals surface area contributed by atoms with Crippen LogP contribution in [0.4, 0.5) is 17.6 Å². The monoisotopic (exact) mass is 446 g/mol. The first-order valence-corrected chi connectivity index (χ1v) is 12.5. The number of nitrogens with zero attached hydrogens (tertiary/aromatic N) is 4. The number of aromatic nitrogens is 2. The van der Waals surface area contributed by atoms with Gasteiger partial charge in [0, 0.05) is 38.3 Å². The summed E-state index contributed by atoms with van der Waals surface area (Å²) in [5.41, 5.74) is 0. The van der Waals surface area contributed by atoms with Crippen LogP contribution in [-0.4, -0.2) is 60.5 Å². The molecule has 7 nitrogen and oxygen atoms in total. The van der Waals surface area contributed by atoms with Gasteiger partial charge in [0.2, 0.25) is 5.95 Å². The van der Waals surface area contributed by atoms with Gasteiger partial charge in [-0.2, -0.15) is 9.97 Å². The van der Waals surface area contributed by atoms with Crippen molar-refractivity contribution in [1.82, 2.24) is 15.3 Å². The normalized spacial score (nSPS) is 25.7. The van der Waals surface area contributed by atoms with E-state index in [1.165, 1.54) is 44.9 Å². The van der Waals surface area contributed by atoms with Gasteiger partial charge in [0.25, 0.3) is 0 Å². The van der Waals surface area contributed by atoms with Crippen molar-refractivity contribution in [3.63, 3.8) is 0 Å². The molecule has 0 amide bonds. The Balaban J connectivity index is 1.51. The highest BCUT2D eigenvalue weighted by Crippen LogP contribution is 2.28. The van der Waals surface area contributed by atoms with Crippen LogP contribution in [-0.2, 0) is 4.74 Å². The predicted octanol–water partition coefficient (Wildman–Crippen LogP) is 3.80. The van der Waals surface area contributed by atoms with Crippen LogP contribution >= 0.6 is 12.2 Å². The standard InChI is InChI=1S/C23H38N6OS/c1-17-13-18(2)16-29(15-17)21-14-20(28-9-11-30-12-10-28)25-22(26-21)27-23(31)24-19-7-5-3-4-6-8-19/h14,17-19H,3-13,15-16H2,1-2H3,(H2,24,25,26,27,31)/t17-,18+. The molecular formula is C23H38N6OS. The molecule has 1 aromatic heterocycles. The number of piperidine rings is 1. The van der Waals surface area contributed by atoms with Crippen LogP contribution in [0.15, 0.2) is 6.07 Å². The van der Waals surface area contributed by atoms with Crippen LogP contribution in [0, 0.1) is 11.8 Å². The summed E-state index contributed by atoms with van der Waals surface area (Å²) in [6.07, 6.45) is 8.87. The van der Waals surface area contributed by atoms with Crippen molar-refractivity contribution in [2.45, 2.75) is 64.8 Å². The van der Waals surface area contributed by atoms with E-state index in [-0.39, 0.29) is 0 Å². The maximum Gasteiger partial charge on any atom is 0.232 e. The fraction of sp³-hybridized carbons (Fsp3) is 0.783. The number of anilines is 3. The molecule has 172 valence electrons. The molecule has 2 aliphatic heterocycles. The second kappa shape index (κ2) is 10.8. The van der Waals surface area contributed by atoms with Gasteiger partial charge in [0.15, 0.2) is 5.11 Å². The fourth-order valence-corrected chi connectivity index (χ4v) is 5.45. The Morgan fingerprint density at radius 2 is 1.58 bits per heavy atom. The lowest BCUT2D eigenvalue weighted by atomic mass is 9.92. The fourth-order valence-electron chi connectivity index (χ4n) is 5.19. The van der Waals surface area contributed by atoms with Gasteiger partial charge >= 0.3 is 0 Å². The molecule has 0 bridgehead atoms. The van der Waals surface area contributed by atoms with Gasteiger partial charge in [-0.05, 0) is 43.3 Å². The maximum atomic E-state index is 5.65. The number of rotatable bonds is 4. The molecule has 3 fully saturated rings. The number of hydrogen-bond acceptors (Lipinski definition) is 6. The molecule has 3 heterocycles. The van der Waals surface area contributed by atoms with E-state index in [0.717, 1.165) is 51.0 Å². The highest BCUT2D eigenvalue weighted by Gasteiger charge is 2.25. The molecule has 1 saturated carbocycles. The minimum absolute atomic E-state index is 0.452. The van der Waals surface area contributed by atoms with Gasteiger partial charge in [-0.3, -0.25) is 0 Å². The van der Waals surface area contributed by atoms with E-state index in [1.54, 1.807) is 0 Å². The largest absolute Gasteiger partial charge is 0.378 e. The van der Waals surface area contributed by atoms with Gasteiger partial charge in [-0.1, -0.05) is 39.5 Å². The van der Waals surface area contributed by atoms with E-state index in [9.17, 15) is 0 Å². The van der Waals surface area contributed by atoms with Crippen LogP contribution in [0.2, 0.25) is 0 Å². The van der Waals surface area contributed by atoms with Gasteiger partial charge in [-0.15, -0.1) is 0 Å². The number of thiocarbonyl (C=S) groups is 1. The van der Waals surface area contributed by atoms with E-state index < -0.39 is 0 Å². The summed E-state index contributed by atoms with van der Waals surface area (Å²) in [5, 5.41) is 7.45. The molecule has 4 rings (SSSR count). The van der Waals surface area contributed by atoms with Crippen molar-refractivity contribution < 1.29 is 4.74 Å². The van der Waals surface area contributed by atoms with E-state index in [1.807, 2.05) is 0 Å². The molecule has 31 heavy (non-hydrogen) atoms. The Bertz CT molecular complexity index is 723. The van der Waals surface area contributed by atoms with Crippen LogP contribution < -0.4 is 20.4 Å². The lowest BCUT2D eigenvalue weighted by Crippen LogP contribution is -2.41. The summed E-state index contributed by atoms with van der Waals surface area (Å²) in [7, 11) is 0. The molecule has 0 aromatic carbocycles. The van der Waals surface area contributed by atoms with Crippen molar-refractivity contribution in [2.24, 2.45) is 11.8 Å². The first-order valence-electron chi connectivity index (χ1n) is 12.1. The third kappa shape index (κ3) is 6.42. The Morgan fingerprint density at radius 3 is 2.23 bits per heavy atom. The predicted molar refractivity (Wildman–Crippen MR) is 131 cm³/mol. The summed E-state index contributed by atoms with van der Waals surface area (Å²) in [5.74, 6) is 3.88. The molecule has 2 saturated heterocycles. The summed E-state index contributed by atoms with van der Waals surface area (Å²) >= 11 is 5.65. The Hall–Kier alpha value is -1.67. The maximum absolute atomic E-state index is 5.65. The van der Waals surface area contributed by atoms with Crippen molar-refractivity contribution in [3.05, 3.63) is 6.07 Å². The molecule has 0 spiro atoms. The molecule has 1 aliphatic carbocycles. The van der Waals surface area contributed by atoms with Gasteiger partial charge < -0.3 is 25.2 Å². The van der Waals surface area contributed by atoms with Crippen molar-refractivity contribution in [3.8, 4) is 0 Å². The first-order chi connectivity index (χ1) is 15.1. The summed E-state index contributed by atoms with van der Waals surface area (Å²) in [6.45, 7) is 9.92. The molecule has 2 N–H and O–H groups in total. The third-order valence-corrected chi connectivity index (χ3v) is 6.86. The molecule has 2 atom stereocenters. The SMILES string of the molecule is C[C@@H]1C[C@H](C)CN(c2cc(N3CCOCC3)nc(NC(=S)NC3CCCCCC3)n2)C1. The van der Waals surface area contributed by atoms with Crippen molar-refractivity contribution in [2.75, 3.05) is 54.5 Å². The highest BCUT2D eigenvalue weighted by atomic mass is 32.1. The molecule has 0 unspecified atom stereocenters. The molecule has 3 aliphatic rings. The molecular weight excluding hydrogens is 408 g/mol. The van der Waals surface area contributed by atoms with Gasteiger partial charge in [0.05, 0.1) is 13.2 Å². The lowest BCUT2D eigenvalue weighted by molar-refractivity contribution is 0.122. The lowest BCUT2D eigenvalue weighted by Gasteiger charge is -2.36.